The average Bonchev–Trinajstić information content (AvgIpc) is 3.61. The van der Waals surface area contributed by atoms with Gasteiger partial charge in [0.15, 0.2) is 0 Å². The molecular formula is C28H34N6O4S2. The molecule has 2 aliphatic heterocycles. The molecule has 212 valence electrons. The van der Waals surface area contributed by atoms with Crippen LogP contribution in [0.25, 0.3) is 0 Å². The Morgan fingerprint density at radius 2 is 1.70 bits per heavy atom. The first-order valence-electron chi connectivity index (χ1n) is 13.6. The Morgan fingerprint density at radius 3 is 2.30 bits per heavy atom. The molecule has 1 aromatic carbocycles. The van der Waals surface area contributed by atoms with Crippen LogP contribution in [-0.4, -0.2) is 73.6 Å². The van der Waals surface area contributed by atoms with E-state index in [1.807, 2.05) is 17.0 Å². The average molecular weight is 583 g/mol. The molecule has 0 bridgehead atoms. The van der Waals surface area contributed by atoms with Crippen molar-refractivity contribution in [2.75, 3.05) is 44.6 Å². The van der Waals surface area contributed by atoms with Gasteiger partial charge in [0, 0.05) is 62.6 Å². The van der Waals surface area contributed by atoms with Gasteiger partial charge in [-0.3, -0.25) is 14.5 Å². The molecule has 10 nitrogen and oxygen atoms in total. The van der Waals surface area contributed by atoms with Gasteiger partial charge in [0.25, 0.3) is 11.8 Å². The van der Waals surface area contributed by atoms with Gasteiger partial charge in [-0.1, -0.05) is 6.92 Å². The Balaban J connectivity index is 1.57. The van der Waals surface area contributed by atoms with Gasteiger partial charge >= 0.3 is 0 Å². The maximum atomic E-state index is 13.6. The molecule has 2 aliphatic rings. The van der Waals surface area contributed by atoms with E-state index in [1.54, 1.807) is 0 Å². The van der Waals surface area contributed by atoms with E-state index in [0.717, 1.165) is 60.1 Å². The van der Waals surface area contributed by atoms with Gasteiger partial charge in [-0.25, -0.2) is 8.42 Å². The quantitative estimate of drug-likeness (QED) is 0.425. The lowest BCUT2D eigenvalue weighted by molar-refractivity contribution is 0.0792. The van der Waals surface area contributed by atoms with Crippen LogP contribution in [-0.2, 0) is 23.0 Å². The van der Waals surface area contributed by atoms with Crippen molar-refractivity contribution in [3.8, 4) is 12.1 Å². The van der Waals surface area contributed by atoms with Gasteiger partial charge < -0.3 is 10.2 Å². The number of hydrogen-bond donors (Lipinski definition) is 1. The number of anilines is 1. The van der Waals surface area contributed by atoms with Crippen LogP contribution in [0.15, 0.2) is 29.2 Å². The Kier molecular flexibility index (Phi) is 9.93. The molecule has 40 heavy (non-hydrogen) atoms. The van der Waals surface area contributed by atoms with Gasteiger partial charge in [0.1, 0.15) is 5.00 Å². The van der Waals surface area contributed by atoms with Gasteiger partial charge in [-0.15, -0.1) is 11.3 Å². The first-order valence-corrected chi connectivity index (χ1v) is 15.9. The summed E-state index contributed by atoms with van der Waals surface area (Å²) in [6.45, 7) is 6.15. The predicted molar refractivity (Wildman–Crippen MR) is 152 cm³/mol. The maximum Gasteiger partial charge on any atom is 0.257 e. The molecule has 3 heterocycles. The fourth-order valence-corrected chi connectivity index (χ4v) is 7.88. The van der Waals surface area contributed by atoms with Gasteiger partial charge in [-0.2, -0.15) is 14.8 Å². The SMILES string of the molecule is CCCN1CCc2c(sc(NC(=O)c3ccc(S(=O)(=O)N(CCC#N)CCC#N)cc3)c2C(=O)N2CCCC2)C1. The molecule has 2 aromatic rings. The first-order chi connectivity index (χ1) is 19.3. The topological polar surface area (TPSA) is 138 Å². The molecule has 1 N–H and O–H groups in total. The summed E-state index contributed by atoms with van der Waals surface area (Å²) in [6.07, 6.45) is 3.77. The van der Waals surface area contributed by atoms with Crippen LogP contribution in [0.5, 0.6) is 0 Å². The number of nitrogens with zero attached hydrogens (tertiary/aromatic N) is 5. The molecule has 1 saturated heterocycles. The predicted octanol–water partition coefficient (Wildman–Crippen LogP) is 3.82. The standard InChI is InChI=1S/C28H34N6O4S2/c1-2-14-32-19-11-23-24(20-32)39-27(25(23)28(36)33-15-3-4-16-33)31-26(35)21-7-9-22(10-8-21)40(37,38)34(17-5-12-29)18-6-13-30/h7-10H,2-6,11,14-20H2,1H3,(H,31,35). The zero-order valence-corrected chi connectivity index (χ0v) is 24.3. The molecule has 4 rings (SSSR count). The number of fused-ring (bicyclic) bond motifs is 1. The highest BCUT2D eigenvalue weighted by Gasteiger charge is 2.32. The molecule has 2 amide bonds. The van der Waals surface area contributed by atoms with Crippen LogP contribution in [0.1, 0.15) is 70.2 Å². The lowest BCUT2D eigenvalue weighted by Crippen LogP contribution is -2.33. The van der Waals surface area contributed by atoms with Crippen molar-refractivity contribution >= 4 is 38.2 Å². The molecule has 1 fully saturated rings. The highest BCUT2D eigenvalue weighted by molar-refractivity contribution is 7.89. The number of nitrogens with one attached hydrogen (secondary N) is 1. The summed E-state index contributed by atoms with van der Waals surface area (Å²) < 4.78 is 27.3. The second kappa shape index (κ2) is 13.4. The van der Waals surface area contributed by atoms with Crippen LogP contribution in [0.4, 0.5) is 5.00 Å². The van der Waals surface area contributed by atoms with Crippen molar-refractivity contribution in [1.29, 1.82) is 10.5 Å². The van der Waals surface area contributed by atoms with E-state index in [9.17, 15) is 18.0 Å². The number of hydrogen-bond acceptors (Lipinski definition) is 8. The molecule has 0 unspecified atom stereocenters. The molecule has 0 atom stereocenters. The maximum absolute atomic E-state index is 13.6. The van der Waals surface area contributed by atoms with E-state index in [4.69, 9.17) is 10.5 Å². The normalized spacial score (nSPS) is 15.4. The van der Waals surface area contributed by atoms with E-state index in [1.165, 1.54) is 35.6 Å². The number of nitriles is 2. The van der Waals surface area contributed by atoms with E-state index < -0.39 is 15.9 Å². The summed E-state index contributed by atoms with van der Waals surface area (Å²) in [5.74, 6) is -0.459. The summed E-state index contributed by atoms with van der Waals surface area (Å²) in [4.78, 5) is 32.2. The van der Waals surface area contributed by atoms with Crippen molar-refractivity contribution in [3.63, 3.8) is 0 Å². The van der Waals surface area contributed by atoms with E-state index in [-0.39, 0.29) is 42.3 Å². The summed E-state index contributed by atoms with van der Waals surface area (Å²) in [6, 6.07) is 9.45. The third kappa shape index (κ3) is 6.53. The van der Waals surface area contributed by atoms with Crippen LogP contribution in [0.2, 0.25) is 0 Å². The Hall–Kier alpha value is -3.29. The molecule has 12 heteroatoms. The number of amides is 2. The second-order valence-corrected chi connectivity index (χ2v) is 13.0. The van der Waals surface area contributed by atoms with Gasteiger partial charge in [-0.05, 0) is 62.1 Å². The lowest BCUT2D eigenvalue weighted by atomic mass is 10.0. The molecule has 1 aromatic heterocycles. The molecule has 0 saturated carbocycles. The Bertz CT molecular complexity index is 1400. The second-order valence-electron chi connectivity index (χ2n) is 9.93. The number of sulfonamides is 1. The monoisotopic (exact) mass is 582 g/mol. The highest BCUT2D eigenvalue weighted by atomic mass is 32.2. The van der Waals surface area contributed by atoms with Crippen molar-refractivity contribution in [2.24, 2.45) is 0 Å². The first kappa shape index (κ1) is 29.7. The number of likely N-dealkylation sites (tertiary alicyclic amines) is 1. The van der Waals surface area contributed by atoms with Crippen molar-refractivity contribution in [1.82, 2.24) is 14.1 Å². The van der Waals surface area contributed by atoms with Crippen molar-refractivity contribution in [3.05, 3.63) is 45.8 Å². The number of carbonyl (C=O) groups excluding carboxylic acids is 2. The molecule has 0 radical (unpaired) electrons. The Labute approximate surface area is 239 Å². The minimum Gasteiger partial charge on any atom is -0.339 e. The summed E-state index contributed by atoms with van der Waals surface area (Å²) in [7, 11) is -3.94. The minimum absolute atomic E-state index is 0.00459. The minimum atomic E-state index is -3.94. The number of thiophene rings is 1. The van der Waals surface area contributed by atoms with Gasteiger partial charge in [0.2, 0.25) is 10.0 Å². The zero-order valence-electron chi connectivity index (χ0n) is 22.7. The van der Waals surface area contributed by atoms with E-state index in [0.29, 0.717) is 23.7 Å². The number of carbonyl (C=O) groups is 2. The number of rotatable bonds is 11. The van der Waals surface area contributed by atoms with Crippen molar-refractivity contribution in [2.45, 2.75) is 56.9 Å². The Morgan fingerprint density at radius 1 is 1.05 bits per heavy atom. The largest absolute Gasteiger partial charge is 0.339 e. The lowest BCUT2D eigenvalue weighted by Gasteiger charge is -2.27. The van der Waals surface area contributed by atoms with Gasteiger partial charge in [0.05, 0.1) is 22.6 Å². The number of benzene rings is 1. The summed E-state index contributed by atoms with van der Waals surface area (Å²) in [5, 5.41) is 21.3. The van der Waals surface area contributed by atoms with Crippen LogP contribution >= 0.6 is 11.3 Å². The highest BCUT2D eigenvalue weighted by Crippen LogP contribution is 2.38. The molecular weight excluding hydrogens is 548 g/mol. The molecule has 0 aliphatic carbocycles. The van der Waals surface area contributed by atoms with E-state index >= 15 is 0 Å². The smallest absolute Gasteiger partial charge is 0.257 e. The summed E-state index contributed by atoms with van der Waals surface area (Å²) in [5.41, 5.74) is 1.88. The third-order valence-electron chi connectivity index (χ3n) is 7.21. The van der Waals surface area contributed by atoms with Crippen LogP contribution in [0, 0.1) is 22.7 Å². The van der Waals surface area contributed by atoms with Crippen LogP contribution < -0.4 is 5.32 Å². The van der Waals surface area contributed by atoms with Crippen molar-refractivity contribution < 1.29 is 18.0 Å². The zero-order chi connectivity index (χ0) is 28.7. The molecule has 0 spiro atoms. The van der Waals surface area contributed by atoms with Crippen LogP contribution in [0.3, 0.4) is 0 Å². The fourth-order valence-electron chi connectivity index (χ4n) is 5.16. The van der Waals surface area contributed by atoms with E-state index in [2.05, 4.69) is 17.1 Å². The summed E-state index contributed by atoms with van der Waals surface area (Å²) >= 11 is 1.45. The fraction of sp³-hybridized carbons (Fsp3) is 0.500. The third-order valence-corrected chi connectivity index (χ3v) is 10.3.